The fourth-order valence-corrected chi connectivity index (χ4v) is 4.01. The molecule has 35 heavy (non-hydrogen) atoms. The summed E-state index contributed by atoms with van der Waals surface area (Å²) in [6.45, 7) is -0.233. The Balaban J connectivity index is 1.50. The number of ether oxygens (including phenoxy) is 1. The van der Waals surface area contributed by atoms with E-state index in [9.17, 15) is 19.2 Å². The monoisotopic (exact) mass is 491 g/mol. The van der Waals surface area contributed by atoms with E-state index in [2.05, 4.69) is 5.32 Å². The third-order valence-electron chi connectivity index (χ3n) is 5.59. The second kappa shape index (κ2) is 9.99. The molecular formula is C26H22ClN3O5. The smallest absolute Gasteiger partial charge is 0.261 e. The number of anilines is 1. The Kier molecular flexibility index (Phi) is 6.84. The van der Waals surface area contributed by atoms with Crippen molar-refractivity contribution >= 4 is 40.9 Å². The van der Waals surface area contributed by atoms with Crippen LogP contribution in [0.2, 0.25) is 5.02 Å². The number of amides is 4. The van der Waals surface area contributed by atoms with Gasteiger partial charge in [-0.25, -0.2) is 0 Å². The number of carbonyl (C=O) groups is 4. The van der Waals surface area contributed by atoms with E-state index in [1.54, 1.807) is 66.7 Å². The van der Waals surface area contributed by atoms with Crippen LogP contribution in [0, 0.1) is 0 Å². The molecule has 0 bridgehead atoms. The highest BCUT2D eigenvalue weighted by Gasteiger charge is 2.35. The van der Waals surface area contributed by atoms with Crippen molar-refractivity contribution in [2.75, 3.05) is 26.0 Å². The topological polar surface area (TPSA) is 96.0 Å². The maximum atomic E-state index is 13.2. The van der Waals surface area contributed by atoms with Crippen molar-refractivity contribution in [1.29, 1.82) is 0 Å². The minimum Gasteiger partial charge on any atom is -0.496 e. The average Bonchev–Trinajstić information content (AvgIpc) is 3.09. The van der Waals surface area contributed by atoms with Crippen LogP contribution in [-0.2, 0) is 11.3 Å². The number of nitrogens with zero attached hydrogens (tertiary/aromatic N) is 2. The molecule has 178 valence electrons. The molecular weight excluding hydrogens is 470 g/mol. The molecule has 0 fully saturated rings. The fourth-order valence-electron chi connectivity index (χ4n) is 3.83. The molecule has 1 heterocycles. The molecule has 3 aromatic carbocycles. The maximum Gasteiger partial charge on any atom is 0.261 e. The van der Waals surface area contributed by atoms with Gasteiger partial charge in [-0.3, -0.25) is 24.1 Å². The minimum absolute atomic E-state index is 0.00662. The van der Waals surface area contributed by atoms with Crippen molar-refractivity contribution in [3.05, 3.63) is 94.0 Å². The van der Waals surface area contributed by atoms with E-state index >= 15 is 0 Å². The van der Waals surface area contributed by atoms with Crippen molar-refractivity contribution in [2.45, 2.75) is 6.54 Å². The van der Waals surface area contributed by atoms with Crippen LogP contribution >= 0.6 is 11.6 Å². The first-order chi connectivity index (χ1) is 16.8. The summed E-state index contributed by atoms with van der Waals surface area (Å²) in [5, 5.41) is 3.06. The van der Waals surface area contributed by atoms with Crippen molar-refractivity contribution in [2.24, 2.45) is 0 Å². The van der Waals surface area contributed by atoms with Crippen LogP contribution in [0.1, 0.15) is 36.6 Å². The van der Waals surface area contributed by atoms with Gasteiger partial charge in [0.25, 0.3) is 17.7 Å². The van der Waals surface area contributed by atoms with Gasteiger partial charge in [0.1, 0.15) is 5.75 Å². The number of likely N-dealkylation sites (N-methyl/N-ethyl adjacent to an activating group) is 1. The van der Waals surface area contributed by atoms with Gasteiger partial charge < -0.3 is 15.0 Å². The number of halogens is 1. The van der Waals surface area contributed by atoms with Gasteiger partial charge >= 0.3 is 0 Å². The molecule has 1 aliphatic rings. The second-order valence-electron chi connectivity index (χ2n) is 7.97. The van der Waals surface area contributed by atoms with Crippen molar-refractivity contribution in [3.63, 3.8) is 0 Å². The molecule has 0 spiro atoms. The zero-order valence-corrected chi connectivity index (χ0v) is 19.8. The number of hydrogen-bond acceptors (Lipinski definition) is 5. The molecule has 3 aromatic rings. The number of methoxy groups -OCH3 is 1. The maximum absolute atomic E-state index is 13.2. The van der Waals surface area contributed by atoms with Gasteiger partial charge in [-0.15, -0.1) is 0 Å². The largest absolute Gasteiger partial charge is 0.496 e. The first kappa shape index (κ1) is 24.0. The molecule has 0 unspecified atom stereocenters. The van der Waals surface area contributed by atoms with E-state index < -0.39 is 11.8 Å². The summed E-state index contributed by atoms with van der Waals surface area (Å²) >= 11 is 6.08. The number of benzene rings is 3. The van der Waals surface area contributed by atoms with E-state index in [-0.39, 0.29) is 30.5 Å². The molecule has 1 N–H and O–H groups in total. The lowest BCUT2D eigenvalue weighted by Gasteiger charge is -2.20. The molecule has 1 aliphatic heterocycles. The second-order valence-corrected chi connectivity index (χ2v) is 8.37. The van der Waals surface area contributed by atoms with E-state index in [4.69, 9.17) is 16.3 Å². The van der Waals surface area contributed by atoms with E-state index in [0.717, 1.165) is 4.90 Å². The molecule has 0 radical (unpaired) electrons. The molecule has 4 amide bonds. The number of nitrogens with one attached hydrogen (secondary N) is 1. The number of hydrogen-bond donors (Lipinski definition) is 1. The number of fused-ring (bicyclic) bond motifs is 1. The first-order valence-corrected chi connectivity index (χ1v) is 11.1. The van der Waals surface area contributed by atoms with Crippen LogP contribution in [0.5, 0.6) is 5.75 Å². The SMILES string of the molecule is COc1ccc(CN2C(=O)c3ccccc3C2=O)cc1C(=O)N(C)CC(=O)Nc1ccccc1Cl. The van der Waals surface area contributed by atoms with Crippen LogP contribution in [0.3, 0.4) is 0 Å². The van der Waals surface area contributed by atoms with Gasteiger partial charge in [-0.05, 0) is 42.0 Å². The zero-order valence-electron chi connectivity index (χ0n) is 19.1. The Labute approximate surface area is 207 Å². The highest BCUT2D eigenvalue weighted by atomic mass is 35.5. The first-order valence-electron chi connectivity index (χ1n) is 10.7. The van der Waals surface area contributed by atoms with Gasteiger partial charge in [-0.1, -0.05) is 41.9 Å². The molecule has 8 nitrogen and oxygen atoms in total. The summed E-state index contributed by atoms with van der Waals surface area (Å²) in [6.07, 6.45) is 0. The van der Waals surface area contributed by atoms with Gasteiger partial charge in [0.15, 0.2) is 0 Å². The van der Waals surface area contributed by atoms with Crippen molar-refractivity contribution in [3.8, 4) is 5.75 Å². The molecule has 0 saturated heterocycles. The van der Waals surface area contributed by atoms with Gasteiger partial charge in [0, 0.05) is 7.05 Å². The van der Waals surface area contributed by atoms with Crippen molar-refractivity contribution < 1.29 is 23.9 Å². The summed E-state index contributed by atoms with van der Waals surface area (Å²) in [5.74, 6) is -1.35. The Morgan fingerprint density at radius 2 is 1.60 bits per heavy atom. The Hall–Kier alpha value is -4.17. The van der Waals surface area contributed by atoms with Crippen molar-refractivity contribution in [1.82, 2.24) is 9.80 Å². The molecule has 9 heteroatoms. The average molecular weight is 492 g/mol. The summed E-state index contributed by atoms with van der Waals surface area (Å²) in [6, 6.07) is 18.3. The van der Waals surface area contributed by atoms with Gasteiger partial charge in [0.05, 0.1) is 47.6 Å². The van der Waals surface area contributed by atoms with Crippen LogP contribution in [0.25, 0.3) is 0 Å². The standard InChI is InChI=1S/C26H22ClN3O5/c1-29(15-23(31)28-21-10-6-5-9-20(21)27)24(32)19-13-16(11-12-22(19)35-2)14-30-25(33)17-7-3-4-8-18(17)26(30)34/h3-13H,14-15H2,1-2H3,(H,28,31). The summed E-state index contributed by atoms with van der Waals surface area (Å²) in [7, 11) is 2.92. The quantitative estimate of drug-likeness (QED) is 0.506. The summed E-state index contributed by atoms with van der Waals surface area (Å²) in [4.78, 5) is 53.4. The van der Waals surface area contributed by atoms with Crippen LogP contribution in [0.15, 0.2) is 66.7 Å². The van der Waals surface area contributed by atoms with Gasteiger partial charge in [-0.2, -0.15) is 0 Å². The Morgan fingerprint density at radius 3 is 2.23 bits per heavy atom. The Bertz CT molecular complexity index is 1310. The number of para-hydroxylation sites is 1. The highest BCUT2D eigenvalue weighted by molar-refractivity contribution is 6.33. The Morgan fingerprint density at radius 1 is 0.971 bits per heavy atom. The van der Waals surface area contributed by atoms with E-state index in [0.29, 0.717) is 33.1 Å². The third kappa shape index (κ3) is 4.88. The normalized spacial score (nSPS) is 12.4. The lowest BCUT2D eigenvalue weighted by molar-refractivity contribution is -0.116. The predicted octanol–water partition coefficient (Wildman–Crippen LogP) is 3.86. The predicted molar refractivity (Wildman–Crippen MR) is 131 cm³/mol. The molecule has 0 aromatic heterocycles. The number of rotatable bonds is 7. The van der Waals surface area contributed by atoms with E-state index in [1.807, 2.05) is 0 Å². The molecule has 0 atom stereocenters. The molecule has 0 aliphatic carbocycles. The van der Waals surface area contributed by atoms with Crippen LogP contribution in [-0.4, -0.2) is 54.1 Å². The zero-order chi connectivity index (χ0) is 25.1. The highest BCUT2D eigenvalue weighted by Crippen LogP contribution is 2.27. The van der Waals surface area contributed by atoms with Crippen LogP contribution in [0.4, 0.5) is 5.69 Å². The third-order valence-corrected chi connectivity index (χ3v) is 5.92. The molecule has 4 rings (SSSR count). The number of carbonyl (C=O) groups excluding carboxylic acids is 4. The lowest BCUT2D eigenvalue weighted by atomic mass is 10.1. The summed E-state index contributed by atoms with van der Waals surface area (Å²) in [5.41, 5.74) is 1.92. The fraction of sp³-hybridized carbons (Fsp3) is 0.154. The summed E-state index contributed by atoms with van der Waals surface area (Å²) < 4.78 is 5.34. The van der Waals surface area contributed by atoms with E-state index in [1.165, 1.54) is 19.1 Å². The number of imide groups is 1. The lowest BCUT2D eigenvalue weighted by Crippen LogP contribution is -2.35. The van der Waals surface area contributed by atoms with Crippen LogP contribution < -0.4 is 10.1 Å². The van der Waals surface area contributed by atoms with Gasteiger partial charge in [0.2, 0.25) is 5.91 Å². The molecule has 0 saturated carbocycles. The minimum atomic E-state index is -0.458.